The number of nitrogens with one attached hydrogen (secondary N) is 1. The van der Waals surface area contributed by atoms with Crippen LogP contribution < -0.4 is 5.32 Å². The van der Waals surface area contributed by atoms with Gasteiger partial charge >= 0.3 is 0 Å². The monoisotopic (exact) mass is 412 g/mol. The minimum Gasteiger partial charge on any atom is -0.346 e. The molecule has 0 aliphatic carbocycles. The van der Waals surface area contributed by atoms with E-state index < -0.39 is 5.54 Å². The quantitative estimate of drug-likeness (QED) is 0.588. The lowest BCUT2D eigenvalue weighted by Gasteiger charge is -2.37. The van der Waals surface area contributed by atoms with Gasteiger partial charge in [0.15, 0.2) is 0 Å². The van der Waals surface area contributed by atoms with Gasteiger partial charge in [0.1, 0.15) is 11.3 Å². The number of aromatic nitrogens is 1. The average Bonchev–Trinajstić information content (AvgIpc) is 2.60. The molecule has 0 saturated carbocycles. The molecule has 0 bridgehead atoms. The highest BCUT2D eigenvalue weighted by molar-refractivity contribution is 7.59. The lowest BCUT2D eigenvalue weighted by molar-refractivity contribution is 0.0879. The van der Waals surface area contributed by atoms with E-state index in [0.29, 0.717) is 10.9 Å². The number of hydrogen-bond acceptors (Lipinski definition) is 2. The first-order valence-corrected chi connectivity index (χ1v) is 9.56. The molecular formula is C24H29FN2OS. The van der Waals surface area contributed by atoms with Crippen LogP contribution in [0.25, 0.3) is 10.9 Å². The summed E-state index contributed by atoms with van der Waals surface area (Å²) in [5.41, 5.74) is 1.51. The zero-order valence-corrected chi connectivity index (χ0v) is 18.4. The van der Waals surface area contributed by atoms with Gasteiger partial charge < -0.3 is 5.32 Å². The number of nitrogens with zero attached hydrogens (tertiary/aromatic N) is 1. The van der Waals surface area contributed by atoms with Crippen LogP contribution in [0.1, 0.15) is 50.0 Å². The van der Waals surface area contributed by atoms with Gasteiger partial charge in [0.2, 0.25) is 0 Å². The van der Waals surface area contributed by atoms with Gasteiger partial charge in [0.25, 0.3) is 5.91 Å². The van der Waals surface area contributed by atoms with Crippen LogP contribution in [-0.4, -0.2) is 16.4 Å². The molecule has 0 fully saturated rings. The van der Waals surface area contributed by atoms with E-state index in [1.54, 1.807) is 18.2 Å². The number of carbonyl (C=O) groups excluding carboxylic acids is 1. The Bertz CT molecular complexity index is 985. The maximum atomic E-state index is 13.9. The fraction of sp³-hybridized carbons (Fsp3) is 0.333. The van der Waals surface area contributed by atoms with Gasteiger partial charge in [0, 0.05) is 17.1 Å². The van der Waals surface area contributed by atoms with Gasteiger partial charge in [-0.25, -0.2) is 4.39 Å². The van der Waals surface area contributed by atoms with E-state index in [-0.39, 0.29) is 36.2 Å². The second-order valence-electron chi connectivity index (χ2n) is 8.95. The van der Waals surface area contributed by atoms with Gasteiger partial charge in [-0.1, -0.05) is 63.2 Å². The molecule has 1 aromatic heterocycles. The van der Waals surface area contributed by atoms with E-state index >= 15 is 0 Å². The van der Waals surface area contributed by atoms with Crippen molar-refractivity contribution >= 4 is 30.3 Å². The molecule has 2 aromatic carbocycles. The normalized spacial score (nSPS) is 13.4. The first-order chi connectivity index (χ1) is 13.2. The Morgan fingerprint density at radius 2 is 1.72 bits per heavy atom. The van der Waals surface area contributed by atoms with Crippen molar-refractivity contribution in [2.45, 2.75) is 46.1 Å². The summed E-state index contributed by atoms with van der Waals surface area (Å²) in [6.07, 6.45) is 2.99. The number of pyridine rings is 1. The third-order valence-corrected chi connectivity index (χ3v) is 4.70. The van der Waals surface area contributed by atoms with Gasteiger partial charge in [-0.3, -0.25) is 9.78 Å². The minimum atomic E-state index is -0.423. The van der Waals surface area contributed by atoms with Crippen molar-refractivity contribution in [3.63, 3.8) is 0 Å². The Kier molecular flexibility index (Phi) is 7.06. The zero-order chi connectivity index (χ0) is 20.4. The summed E-state index contributed by atoms with van der Waals surface area (Å²) in [6, 6.07) is 16.6. The molecule has 1 heterocycles. The van der Waals surface area contributed by atoms with Crippen LogP contribution in [0, 0.1) is 11.2 Å². The average molecular weight is 413 g/mol. The van der Waals surface area contributed by atoms with Crippen LogP contribution in [0.3, 0.4) is 0 Å². The van der Waals surface area contributed by atoms with Crippen molar-refractivity contribution < 1.29 is 9.18 Å². The van der Waals surface area contributed by atoms with Crippen molar-refractivity contribution in [3.8, 4) is 0 Å². The van der Waals surface area contributed by atoms with E-state index in [0.717, 1.165) is 12.8 Å². The maximum Gasteiger partial charge on any atom is 0.253 e. The van der Waals surface area contributed by atoms with E-state index in [9.17, 15) is 9.18 Å². The summed E-state index contributed by atoms with van der Waals surface area (Å²) in [5.74, 6) is -0.576. The van der Waals surface area contributed by atoms with E-state index in [4.69, 9.17) is 0 Å². The second kappa shape index (κ2) is 8.95. The third kappa shape index (κ3) is 6.04. The molecule has 0 saturated heterocycles. The lowest BCUT2D eigenvalue weighted by Crippen LogP contribution is -2.50. The maximum absolute atomic E-state index is 13.9. The summed E-state index contributed by atoms with van der Waals surface area (Å²) in [4.78, 5) is 17.2. The van der Waals surface area contributed by atoms with Gasteiger partial charge in [-0.15, -0.1) is 0 Å². The topological polar surface area (TPSA) is 42.0 Å². The van der Waals surface area contributed by atoms with Crippen LogP contribution >= 0.6 is 13.5 Å². The molecule has 29 heavy (non-hydrogen) atoms. The largest absolute Gasteiger partial charge is 0.346 e. The van der Waals surface area contributed by atoms with Crippen LogP contribution in [-0.2, 0) is 6.42 Å². The van der Waals surface area contributed by atoms with Crippen molar-refractivity contribution in [2.75, 3.05) is 0 Å². The predicted molar refractivity (Wildman–Crippen MR) is 122 cm³/mol. The number of hydrogen-bond donors (Lipinski definition) is 1. The minimum absolute atomic E-state index is 0. The molecule has 1 atom stereocenters. The number of carbonyl (C=O) groups is 1. The summed E-state index contributed by atoms with van der Waals surface area (Å²) in [6.45, 7) is 8.59. The molecule has 0 radical (unpaired) electrons. The van der Waals surface area contributed by atoms with E-state index in [2.05, 4.69) is 50.1 Å². The standard InChI is InChI=1S/C24H27FN2O.H2S/c1-23(2,3)16-24(4,14-17-9-6-5-7-10-17)27-22(28)19-13-18-11-8-12-20(25)21(18)26-15-19;/h5-13,15H,14,16H2,1-4H3,(H,27,28);1H2/t24-;/m1./s1. The predicted octanol–water partition coefficient (Wildman–Crippen LogP) is 5.65. The number of rotatable bonds is 5. The molecule has 0 unspecified atom stereocenters. The molecule has 5 heteroatoms. The second-order valence-corrected chi connectivity index (χ2v) is 8.95. The van der Waals surface area contributed by atoms with Crippen molar-refractivity contribution in [2.24, 2.45) is 5.41 Å². The van der Waals surface area contributed by atoms with Crippen LogP contribution in [0.5, 0.6) is 0 Å². The highest BCUT2D eigenvalue weighted by Crippen LogP contribution is 2.30. The number of halogens is 1. The van der Waals surface area contributed by atoms with E-state index in [1.807, 2.05) is 18.2 Å². The lowest BCUT2D eigenvalue weighted by atomic mass is 9.77. The van der Waals surface area contributed by atoms with E-state index in [1.165, 1.54) is 17.8 Å². The summed E-state index contributed by atoms with van der Waals surface area (Å²) >= 11 is 0. The number of fused-ring (bicyclic) bond motifs is 1. The Hall–Kier alpha value is -2.40. The molecule has 154 valence electrons. The Morgan fingerprint density at radius 1 is 1.03 bits per heavy atom. The molecule has 3 aromatic rings. The molecule has 0 aliphatic heterocycles. The van der Waals surface area contributed by atoms with Gasteiger partial charge in [0.05, 0.1) is 5.56 Å². The van der Waals surface area contributed by atoms with Crippen LogP contribution in [0.2, 0.25) is 0 Å². The Balaban J connectivity index is 0.00000300. The van der Waals surface area contributed by atoms with Crippen molar-refractivity contribution in [1.29, 1.82) is 0 Å². The number of benzene rings is 2. The zero-order valence-electron chi connectivity index (χ0n) is 17.4. The number of para-hydroxylation sites is 1. The summed E-state index contributed by atoms with van der Waals surface area (Å²) in [5, 5.41) is 3.84. The smallest absolute Gasteiger partial charge is 0.253 e. The summed E-state index contributed by atoms with van der Waals surface area (Å²) in [7, 11) is 0. The van der Waals surface area contributed by atoms with Crippen LogP contribution in [0.15, 0.2) is 60.8 Å². The van der Waals surface area contributed by atoms with Gasteiger partial charge in [-0.05, 0) is 42.9 Å². The summed E-state index contributed by atoms with van der Waals surface area (Å²) < 4.78 is 13.9. The third-order valence-electron chi connectivity index (χ3n) is 4.70. The molecule has 3 nitrogen and oxygen atoms in total. The molecule has 1 amide bonds. The number of amides is 1. The highest BCUT2D eigenvalue weighted by Gasteiger charge is 2.32. The Labute approximate surface area is 179 Å². The van der Waals surface area contributed by atoms with Crippen molar-refractivity contribution in [3.05, 3.63) is 77.7 Å². The highest BCUT2D eigenvalue weighted by atomic mass is 32.1. The molecular weight excluding hydrogens is 383 g/mol. The Morgan fingerprint density at radius 3 is 2.38 bits per heavy atom. The SMILES string of the molecule is CC(C)(C)C[C@@](C)(Cc1ccccc1)NC(=O)c1cnc2c(F)cccc2c1.S. The fourth-order valence-electron chi connectivity index (χ4n) is 3.96. The fourth-order valence-corrected chi connectivity index (χ4v) is 3.96. The van der Waals surface area contributed by atoms with Gasteiger partial charge in [-0.2, -0.15) is 13.5 Å². The molecule has 1 N–H and O–H groups in total. The molecule has 0 aliphatic rings. The molecule has 3 rings (SSSR count). The van der Waals surface area contributed by atoms with Crippen molar-refractivity contribution in [1.82, 2.24) is 10.3 Å². The van der Waals surface area contributed by atoms with Crippen LogP contribution in [0.4, 0.5) is 4.39 Å². The first-order valence-electron chi connectivity index (χ1n) is 9.56. The molecule has 0 spiro atoms. The first kappa shape index (κ1) is 22.9.